The van der Waals surface area contributed by atoms with Crippen molar-refractivity contribution in [2.45, 2.75) is 6.04 Å². The molecule has 0 amide bonds. The summed E-state index contributed by atoms with van der Waals surface area (Å²) < 4.78 is 19.8. The summed E-state index contributed by atoms with van der Waals surface area (Å²) in [6, 6.07) is 5.44. The monoisotopic (exact) mass is 486 g/mol. The van der Waals surface area contributed by atoms with Crippen molar-refractivity contribution in [3.8, 4) is 17.7 Å². The Hall–Kier alpha value is -4.50. The van der Waals surface area contributed by atoms with Gasteiger partial charge in [0.05, 0.1) is 24.8 Å². The van der Waals surface area contributed by atoms with E-state index in [1.54, 1.807) is 54.3 Å². The minimum atomic E-state index is -0.522. The van der Waals surface area contributed by atoms with E-state index in [1.165, 1.54) is 0 Å². The summed E-state index contributed by atoms with van der Waals surface area (Å²) in [5, 5.41) is 7.55. The lowest BCUT2D eigenvalue weighted by Crippen LogP contribution is -2.56. The Morgan fingerprint density at radius 3 is 2.36 bits per heavy atom. The van der Waals surface area contributed by atoms with E-state index in [4.69, 9.17) is 4.74 Å². The first-order valence-corrected chi connectivity index (χ1v) is 11.4. The molecule has 0 unspecified atom stereocenters. The molecular weight excluding hydrogens is 463 g/mol. The average molecular weight is 487 g/mol. The molecule has 1 aliphatic rings. The number of alkyl halides is 1. The molecule has 36 heavy (non-hydrogen) atoms. The Morgan fingerprint density at radius 1 is 0.889 bits per heavy atom. The van der Waals surface area contributed by atoms with Crippen molar-refractivity contribution >= 4 is 11.9 Å². The molecule has 4 aromatic heterocycles. The maximum Gasteiger partial charge on any atom is 0.225 e. The molecule has 0 aromatic carbocycles. The van der Waals surface area contributed by atoms with E-state index >= 15 is 0 Å². The fourth-order valence-electron chi connectivity index (χ4n) is 3.78. The second kappa shape index (κ2) is 11.3. The van der Waals surface area contributed by atoms with Crippen LogP contribution in [-0.2, 0) is 4.74 Å². The van der Waals surface area contributed by atoms with Crippen LogP contribution in [0.5, 0.6) is 0 Å². The van der Waals surface area contributed by atoms with E-state index in [0.29, 0.717) is 49.5 Å². The normalized spacial score (nSPS) is 15.4. The third-order valence-electron chi connectivity index (χ3n) is 5.53. The number of pyridine rings is 1. The number of hydrogen-bond donors (Lipinski definition) is 0. The highest BCUT2D eigenvalue weighted by Crippen LogP contribution is 2.19. The van der Waals surface area contributed by atoms with Crippen LogP contribution in [0, 0.1) is 11.8 Å². The molecule has 1 aliphatic heterocycles. The fraction of sp³-hybridized carbons (Fsp3) is 0.292. The summed E-state index contributed by atoms with van der Waals surface area (Å²) in [5.74, 6) is 8.09. The minimum Gasteiger partial charge on any atom is -0.377 e. The summed E-state index contributed by atoms with van der Waals surface area (Å²) in [6.45, 7) is 1.84. The standard InChI is InChI=1S/C24H23FN10O/c25-6-11-36-16-21-15-33(9-10-35(21)24-26-7-1-8-27-24)23-29-13-20(14-30-23)3-2-19-4-5-22(28-12-19)34-17-31-32-18-34/h1,4-5,7-8,12-14,17-18,21H,6,9-11,15-16H2/t21-/m1/s1. The molecule has 1 atom stereocenters. The summed E-state index contributed by atoms with van der Waals surface area (Å²) in [7, 11) is 0. The number of anilines is 2. The number of nitrogens with zero attached hydrogens (tertiary/aromatic N) is 10. The molecule has 0 N–H and O–H groups in total. The summed E-state index contributed by atoms with van der Waals surface area (Å²) in [6.07, 6.45) is 11.7. The molecule has 1 saturated heterocycles. The van der Waals surface area contributed by atoms with Gasteiger partial charge in [0, 0.05) is 56.2 Å². The molecule has 5 rings (SSSR count). The van der Waals surface area contributed by atoms with Crippen LogP contribution in [0.1, 0.15) is 11.1 Å². The molecular formula is C24H23FN10O. The van der Waals surface area contributed by atoms with E-state index in [9.17, 15) is 4.39 Å². The molecule has 182 valence electrons. The van der Waals surface area contributed by atoms with Crippen LogP contribution < -0.4 is 9.80 Å². The van der Waals surface area contributed by atoms with Crippen molar-refractivity contribution in [2.75, 3.05) is 49.3 Å². The number of rotatable bonds is 7. The first-order chi connectivity index (χ1) is 17.8. The number of aromatic nitrogens is 8. The van der Waals surface area contributed by atoms with Crippen LogP contribution in [-0.4, -0.2) is 85.2 Å². The maximum absolute atomic E-state index is 12.6. The zero-order chi connectivity index (χ0) is 24.6. The lowest BCUT2D eigenvalue weighted by Gasteiger charge is -2.41. The van der Waals surface area contributed by atoms with Crippen LogP contribution in [0.2, 0.25) is 0 Å². The van der Waals surface area contributed by atoms with Gasteiger partial charge in [0.25, 0.3) is 0 Å². The van der Waals surface area contributed by atoms with Gasteiger partial charge in [-0.3, -0.25) is 4.57 Å². The number of ether oxygens (including phenoxy) is 1. The molecule has 0 radical (unpaired) electrons. The zero-order valence-electron chi connectivity index (χ0n) is 19.4. The van der Waals surface area contributed by atoms with E-state index in [-0.39, 0.29) is 12.6 Å². The second-order valence-corrected chi connectivity index (χ2v) is 7.90. The van der Waals surface area contributed by atoms with Gasteiger partial charge in [-0.15, -0.1) is 10.2 Å². The quantitative estimate of drug-likeness (QED) is 0.280. The summed E-state index contributed by atoms with van der Waals surface area (Å²) in [5.41, 5.74) is 1.46. The van der Waals surface area contributed by atoms with Gasteiger partial charge in [0.15, 0.2) is 0 Å². The molecule has 11 nitrogen and oxygen atoms in total. The largest absolute Gasteiger partial charge is 0.377 e. The summed E-state index contributed by atoms with van der Waals surface area (Å²) in [4.78, 5) is 26.3. The van der Waals surface area contributed by atoms with Gasteiger partial charge in [0.2, 0.25) is 11.9 Å². The highest BCUT2D eigenvalue weighted by atomic mass is 19.1. The SMILES string of the molecule is FCCOC[C@H]1CN(c2ncc(C#Cc3ccc(-n4cnnc4)nc3)cn2)CCN1c1ncccn1. The van der Waals surface area contributed by atoms with Crippen LogP contribution in [0.15, 0.2) is 61.8 Å². The molecule has 12 heteroatoms. The van der Waals surface area contributed by atoms with Crippen LogP contribution in [0.3, 0.4) is 0 Å². The first kappa shape index (κ1) is 23.3. The highest BCUT2D eigenvalue weighted by Gasteiger charge is 2.30. The van der Waals surface area contributed by atoms with Gasteiger partial charge in [-0.05, 0) is 18.2 Å². The lowest BCUT2D eigenvalue weighted by molar-refractivity contribution is 0.104. The molecule has 4 aromatic rings. The number of halogens is 1. The molecule has 0 saturated carbocycles. The minimum absolute atomic E-state index is 0.0584. The van der Waals surface area contributed by atoms with Crippen molar-refractivity contribution < 1.29 is 9.13 Å². The Kier molecular flexibility index (Phi) is 7.29. The van der Waals surface area contributed by atoms with Crippen LogP contribution >= 0.6 is 0 Å². The predicted molar refractivity (Wildman–Crippen MR) is 129 cm³/mol. The van der Waals surface area contributed by atoms with Crippen molar-refractivity contribution in [3.63, 3.8) is 0 Å². The third-order valence-corrected chi connectivity index (χ3v) is 5.53. The topological polar surface area (TPSA) is 111 Å². The molecule has 0 spiro atoms. The van der Waals surface area contributed by atoms with Gasteiger partial charge in [-0.1, -0.05) is 11.8 Å². The first-order valence-electron chi connectivity index (χ1n) is 11.4. The average Bonchev–Trinajstić information content (AvgIpc) is 3.48. The Bertz CT molecular complexity index is 1290. The van der Waals surface area contributed by atoms with Crippen molar-refractivity contribution in [2.24, 2.45) is 0 Å². The van der Waals surface area contributed by atoms with E-state index in [1.807, 2.05) is 12.1 Å². The highest BCUT2D eigenvalue weighted by molar-refractivity contribution is 5.44. The zero-order valence-corrected chi connectivity index (χ0v) is 19.4. The van der Waals surface area contributed by atoms with Crippen molar-refractivity contribution in [1.82, 2.24) is 39.7 Å². The summed E-state index contributed by atoms with van der Waals surface area (Å²) >= 11 is 0. The van der Waals surface area contributed by atoms with Gasteiger partial charge in [-0.2, -0.15) is 0 Å². The number of hydrogen-bond acceptors (Lipinski definition) is 10. The van der Waals surface area contributed by atoms with E-state index < -0.39 is 6.67 Å². The van der Waals surface area contributed by atoms with Crippen LogP contribution in [0.4, 0.5) is 16.3 Å². The van der Waals surface area contributed by atoms with Crippen molar-refractivity contribution in [3.05, 3.63) is 73.0 Å². The second-order valence-electron chi connectivity index (χ2n) is 7.90. The molecule has 5 heterocycles. The van der Waals surface area contributed by atoms with E-state index in [0.717, 1.165) is 5.56 Å². The number of piperazine rings is 1. The van der Waals surface area contributed by atoms with Gasteiger partial charge < -0.3 is 14.5 Å². The predicted octanol–water partition coefficient (Wildman–Crippen LogP) is 1.32. The Labute approximate surface area is 207 Å². The molecule has 1 fully saturated rings. The molecule has 0 aliphatic carbocycles. The van der Waals surface area contributed by atoms with Gasteiger partial charge in [-0.25, -0.2) is 29.3 Å². The van der Waals surface area contributed by atoms with Crippen LogP contribution in [0.25, 0.3) is 5.82 Å². The maximum atomic E-state index is 12.6. The molecule has 0 bridgehead atoms. The fourth-order valence-corrected chi connectivity index (χ4v) is 3.78. The smallest absolute Gasteiger partial charge is 0.225 e. The van der Waals surface area contributed by atoms with Gasteiger partial charge in [0.1, 0.15) is 25.1 Å². The lowest BCUT2D eigenvalue weighted by atomic mass is 10.2. The Balaban J connectivity index is 1.24. The Morgan fingerprint density at radius 2 is 1.64 bits per heavy atom. The third kappa shape index (κ3) is 5.59. The van der Waals surface area contributed by atoms with Gasteiger partial charge >= 0.3 is 0 Å². The van der Waals surface area contributed by atoms with E-state index in [2.05, 4.69) is 56.8 Å². The van der Waals surface area contributed by atoms with Crippen molar-refractivity contribution in [1.29, 1.82) is 0 Å².